The Hall–Kier alpha value is -2.62. The van der Waals surface area contributed by atoms with Crippen LogP contribution in [0.3, 0.4) is 0 Å². The van der Waals surface area contributed by atoms with Gasteiger partial charge in [-0.15, -0.1) is 0 Å². The van der Waals surface area contributed by atoms with E-state index in [0.717, 1.165) is 5.56 Å². The van der Waals surface area contributed by atoms with Gasteiger partial charge in [0.1, 0.15) is 6.61 Å². The molecule has 0 saturated heterocycles. The van der Waals surface area contributed by atoms with Crippen molar-refractivity contribution in [1.29, 1.82) is 0 Å². The van der Waals surface area contributed by atoms with Crippen molar-refractivity contribution in [2.45, 2.75) is 31.7 Å². The number of amides is 1. The molecule has 0 heterocycles. The lowest BCUT2D eigenvalue weighted by molar-refractivity contribution is -0.192. The van der Waals surface area contributed by atoms with Gasteiger partial charge in [-0.1, -0.05) is 30.3 Å². The van der Waals surface area contributed by atoms with Crippen LogP contribution in [0.15, 0.2) is 30.3 Å². The average molecular weight is 350 g/mol. The van der Waals surface area contributed by atoms with E-state index in [1.54, 1.807) is 0 Å². The van der Waals surface area contributed by atoms with Crippen LogP contribution in [0.5, 0.6) is 0 Å². The smallest absolute Gasteiger partial charge is 0.475 e. The highest BCUT2D eigenvalue weighted by Crippen LogP contribution is 2.13. The van der Waals surface area contributed by atoms with Gasteiger partial charge in [-0.2, -0.15) is 13.2 Å². The SMILES string of the molecule is NC(=O)[C@H](N)CCC(=O)OCc1ccccc1.O=C(O)C(F)(F)F. The van der Waals surface area contributed by atoms with Gasteiger partial charge in [0.2, 0.25) is 5.91 Å². The number of nitrogens with two attached hydrogens (primary N) is 2. The third-order valence-corrected chi connectivity index (χ3v) is 2.51. The maximum absolute atomic E-state index is 11.3. The van der Waals surface area contributed by atoms with E-state index in [1.165, 1.54) is 0 Å². The molecule has 1 aromatic carbocycles. The monoisotopic (exact) mass is 350 g/mol. The summed E-state index contributed by atoms with van der Waals surface area (Å²) in [6.45, 7) is 0.228. The summed E-state index contributed by atoms with van der Waals surface area (Å²) in [5, 5.41) is 7.12. The molecule has 1 atom stereocenters. The number of hydrogen-bond acceptors (Lipinski definition) is 5. The van der Waals surface area contributed by atoms with Crippen molar-refractivity contribution in [3.05, 3.63) is 35.9 Å². The Balaban J connectivity index is 0.000000640. The van der Waals surface area contributed by atoms with E-state index in [0.29, 0.717) is 0 Å². The largest absolute Gasteiger partial charge is 0.490 e. The fourth-order valence-corrected chi connectivity index (χ4v) is 1.23. The van der Waals surface area contributed by atoms with Gasteiger partial charge < -0.3 is 21.3 Å². The zero-order valence-electron chi connectivity index (χ0n) is 12.5. The average Bonchev–Trinajstić information content (AvgIpc) is 2.51. The minimum atomic E-state index is -5.08. The van der Waals surface area contributed by atoms with Crippen LogP contribution < -0.4 is 11.5 Å². The minimum Gasteiger partial charge on any atom is -0.475 e. The van der Waals surface area contributed by atoms with E-state index < -0.39 is 24.1 Å². The maximum atomic E-state index is 11.3. The highest BCUT2D eigenvalue weighted by atomic mass is 19.4. The fourth-order valence-electron chi connectivity index (χ4n) is 1.23. The molecule has 0 spiro atoms. The van der Waals surface area contributed by atoms with Gasteiger partial charge in [-0.05, 0) is 12.0 Å². The molecule has 0 fully saturated rings. The topological polar surface area (TPSA) is 133 Å². The number of benzene rings is 1. The van der Waals surface area contributed by atoms with Gasteiger partial charge in [-0.25, -0.2) is 4.79 Å². The molecule has 0 bridgehead atoms. The molecule has 5 N–H and O–H groups in total. The second-order valence-corrected chi connectivity index (χ2v) is 4.50. The van der Waals surface area contributed by atoms with Gasteiger partial charge in [0.25, 0.3) is 0 Å². The van der Waals surface area contributed by atoms with Crippen molar-refractivity contribution >= 4 is 17.8 Å². The third kappa shape index (κ3) is 10.2. The number of esters is 1. The number of halogens is 3. The van der Waals surface area contributed by atoms with E-state index in [1.807, 2.05) is 30.3 Å². The van der Waals surface area contributed by atoms with E-state index in [9.17, 15) is 22.8 Å². The molecule has 0 aliphatic carbocycles. The molecular weight excluding hydrogens is 333 g/mol. The first-order valence-corrected chi connectivity index (χ1v) is 6.58. The predicted octanol–water partition coefficient (Wildman–Crippen LogP) is 0.956. The van der Waals surface area contributed by atoms with Crippen molar-refractivity contribution in [3.8, 4) is 0 Å². The van der Waals surface area contributed by atoms with Crippen molar-refractivity contribution in [1.82, 2.24) is 0 Å². The first kappa shape index (κ1) is 21.4. The number of primary amides is 1. The van der Waals surface area contributed by atoms with Gasteiger partial charge in [0.05, 0.1) is 6.04 Å². The van der Waals surface area contributed by atoms with Crippen LogP contribution in [0.25, 0.3) is 0 Å². The lowest BCUT2D eigenvalue weighted by atomic mass is 10.1. The Labute approximate surface area is 135 Å². The molecular formula is C14H17F3N2O5. The zero-order valence-corrected chi connectivity index (χ0v) is 12.5. The fraction of sp³-hybridized carbons (Fsp3) is 0.357. The lowest BCUT2D eigenvalue weighted by Gasteiger charge is -2.07. The molecule has 0 aromatic heterocycles. The van der Waals surface area contributed by atoms with Crippen LogP contribution in [0.4, 0.5) is 13.2 Å². The van der Waals surface area contributed by atoms with Gasteiger partial charge in [-0.3, -0.25) is 9.59 Å². The van der Waals surface area contributed by atoms with Crippen molar-refractivity contribution < 1.29 is 37.4 Å². The molecule has 0 aliphatic heterocycles. The Morgan fingerprint density at radius 2 is 1.67 bits per heavy atom. The summed E-state index contributed by atoms with van der Waals surface area (Å²) < 4.78 is 36.7. The normalized spacial score (nSPS) is 11.7. The van der Waals surface area contributed by atoms with E-state index >= 15 is 0 Å². The van der Waals surface area contributed by atoms with Crippen molar-refractivity contribution in [2.24, 2.45) is 11.5 Å². The van der Waals surface area contributed by atoms with Gasteiger partial charge in [0, 0.05) is 6.42 Å². The lowest BCUT2D eigenvalue weighted by Crippen LogP contribution is -2.36. The number of ether oxygens (including phenoxy) is 1. The van der Waals surface area contributed by atoms with Crippen LogP contribution in [0.1, 0.15) is 18.4 Å². The van der Waals surface area contributed by atoms with E-state index in [2.05, 4.69) is 0 Å². The minimum absolute atomic E-state index is 0.0942. The summed E-state index contributed by atoms with van der Waals surface area (Å²) in [5.74, 6) is -3.75. The predicted molar refractivity (Wildman–Crippen MR) is 76.3 cm³/mol. The summed E-state index contributed by atoms with van der Waals surface area (Å²) >= 11 is 0. The summed E-state index contributed by atoms with van der Waals surface area (Å²) in [6, 6.07) is 8.56. The molecule has 0 unspecified atom stereocenters. The summed E-state index contributed by atoms with van der Waals surface area (Å²) in [6.07, 6.45) is -4.78. The number of hydrogen-bond donors (Lipinski definition) is 3. The molecule has 1 rings (SSSR count). The third-order valence-electron chi connectivity index (χ3n) is 2.51. The molecule has 24 heavy (non-hydrogen) atoms. The molecule has 1 amide bonds. The molecule has 134 valence electrons. The van der Waals surface area contributed by atoms with Gasteiger partial charge in [0.15, 0.2) is 0 Å². The Morgan fingerprint density at radius 1 is 1.17 bits per heavy atom. The Bertz CT molecular complexity index is 549. The van der Waals surface area contributed by atoms with Crippen molar-refractivity contribution in [2.75, 3.05) is 0 Å². The Kier molecular flexibility index (Phi) is 9.10. The van der Waals surface area contributed by atoms with E-state index in [-0.39, 0.29) is 25.4 Å². The summed E-state index contributed by atoms with van der Waals surface area (Å²) in [4.78, 5) is 30.8. The number of carboxylic acids is 1. The first-order chi connectivity index (χ1) is 11.0. The molecule has 0 saturated carbocycles. The second kappa shape index (κ2) is 10.2. The maximum Gasteiger partial charge on any atom is 0.490 e. The second-order valence-electron chi connectivity index (χ2n) is 4.50. The zero-order chi connectivity index (χ0) is 18.8. The number of rotatable bonds is 6. The van der Waals surface area contributed by atoms with Crippen LogP contribution in [0.2, 0.25) is 0 Å². The molecule has 10 heteroatoms. The molecule has 1 aromatic rings. The molecule has 0 radical (unpaired) electrons. The van der Waals surface area contributed by atoms with Crippen LogP contribution in [-0.4, -0.2) is 35.2 Å². The number of alkyl halides is 3. The quantitative estimate of drug-likeness (QED) is 0.655. The number of carbonyl (C=O) groups excluding carboxylic acids is 2. The van der Waals surface area contributed by atoms with Crippen LogP contribution in [-0.2, 0) is 25.7 Å². The van der Waals surface area contributed by atoms with Crippen molar-refractivity contribution in [3.63, 3.8) is 0 Å². The number of carboxylic acid groups (broad SMARTS) is 1. The number of carbonyl (C=O) groups is 3. The van der Waals surface area contributed by atoms with E-state index in [4.69, 9.17) is 26.1 Å². The highest BCUT2D eigenvalue weighted by Gasteiger charge is 2.38. The van der Waals surface area contributed by atoms with Crippen LogP contribution in [0, 0.1) is 0 Å². The Morgan fingerprint density at radius 3 is 2.08 bits per heavy atom. The molecule has 7 nitrogen and oxygen atoms in total. The first-order valence-electron chi connectivity index (χ1n) is 6.58. The summed E-state index contributed by atoms with van der Waals surface area (Å²) in [5.41, 5.74) is 11.3. The molecule has 0 aliphatic rings. The van der Waals surface area contributed by atoms with Gasteiger partial charge >= 0.3 is 18.1 Å². The number of aliphatic carboxylic acids is 1. The summed E-state index contributed by atoms with van der Waals surface area (Å²) in [7, 11) is 0. The standard InChI is InChI=1S/C12H16N2O3.C2HF3O2/c13-10(12(14)16)6-7-11(15)17-8-9-4-2-1-3-5-9;3-2(4,5)1(6)7/h1-5,10H,6-8,13H2,(H2,14,16);(H,6,7)/t10-;/m1./s1. The van der Waals surface area contributed by atoms with Crippen LogP contribution >= 0.6 is 0 Å². The highest BCUT2D eigenvalue weighted by molar-refractivity contribution is 5.80.